The topological polar surface area (TPSA) is 0 Å². The van der Waals surface area contributed by atoms with Crippen molar-refractivity contribution in [2.45, 2.75) is 47.6 Å². The van der Waals surface area contributed by atoms with Gasteiger partial charge in [0.25, 0.3) is 0 Å². The van der Waals surface area contributed by atoms with Crippen LogP contribution in [-0.2, 0) is 5.33 Å². The molecule has 0 spiro atoms. The molecular formula is C13H17BrS. The largest absolute Gasteiger partial charge is 0.123 e. The number of hydrogen-bond acceptors (Lipinski definition) is 1. The molecule has 0 heterocycles. The van der Waals surface area contributed by atoms with Gasteiger partial charge < -0.3 is 0 Å². The second kappa shape index (κ2) is 5.95. The molecule has 1 aromatic rings. The molecule has 0 nitrogen and oxygen atoms in total. The lowest BCUT2D eigenvalue weighted by Gasteiger charge is -2.20. The summed E-state index contributed by atoms with van der Waals surface area (Å²) < 4.78 is 0. The van der Waals surface area contributed by atoms with E-state index in [0.29, 0.717) is 0 Å². The molecule has 0 atom stereocenters. The quantitative estimate of drug-likeness (QED) is 0.704. The van der Waals surface area contributed by atoms with Crippen LogP contribution in [0, 0.1) is 0 Å². The molecule has 15 heavy (non-hydrogen) atoms. The summed E-state index contributed by atoms with van der Waals surface area (Å²) in [5.74, 6) is 0. The number of thioether (sulfide) groups is 1. The SMILES string of the molecule is BrCc1ccc(SC2CCCCC2)cc1. The highest BCUT2D eigenvalue weighted by Gasteiger charge is 2.14. The fourth-order valence-corrected chi connectivity index (χ4v) is 3.65. The first-order valence-electron chi connectivity index (χ1n) is 5.70. The molecule has 1 aliphatic carbocycles. The molecule has 2 heteroatoms. The summed E-state index contributed by atoms with van der Waals surface area (Å²) in [6.45, 7) is 0. The maximum Gasteiger partial charge on any atom is 0.0283 e. The van der Waals surface area contributed by atoms with E-state index in [2.05, 4.69) is 52.0 Å². The van der Waals surface area contributed by atoms with Gasteiger partial charge in [-0.1, -0.05) is 47.3 Å². The molecule has 1 aliphatic rings. The smallest absolute Gasteiger partial charge is 0.0283 e. The number of hydrogen-bond donors (Lipinski definition) is 0. The Hall–Kier alpha value is 0.0500. The molecule has 1 aromatic carbocycles. The highest BCUT2D eigenvalue weighted by atomic mass is 79.9. The van der Waals surface area contributed by atoms with E-state index < -0.39 is 0 Å². The van der Waals surface area contributed by atoms with Gasteiger partial charge in [-0.25, -0.2) is 0 Å². The Bertz CT molecular complexity index is 288. The fourth-order valence-electron chi connectivity index (χ4n) is 2.03. The first kappa shape index (κ1) is 11.5. The van der Waals surface area contributed by atoms with Gasteiger partial charge in [-0.3, -0.25) is 0 Å². The molecule has 0 bridgehead atoms. The van der Waals surface area contributed by atoms with Crippen LogP contribution in [0.25, 0.3) is 0 Å². The third kappa shape index (κ3) is 3.53. The molecule has 0 amide bonds. The Morgan fingerprint density at radius 1 is 1.07 bits per heavy atom. The third-order valence-corrected chi connectivity index (χ3v) is 4.93. The summed E-state index contributed by atoms with van der Waals surface area (Å²) in [4.78, 5) is 1.44. The van der Waals surface area contributed by atoms with Crippen LogP contribution in [-0.4, -0.2) is 5.25 Å². The van der Waals surface area contributed by atoms with E-state index in [4.69, 9.17) is 0 Å². The summed E-state index contributed by atoms with van der Waals surface area (Å²) in [7, 11) is 0. The van der Waals surface area contributed by atoms with E-state index in [-0.39, 0.29) is 0 Å². The zero-order valence-corrected chi connectivity index (χ0v) is 11.3. The monoisotopic (exact) mass is 284 g/mol. The molecule has 0 aromatic heterocycles. The van der Waals surface area contributed by atoms with Crippen LogP contribution >= 0.6 is 27.7 Å². The van der Waals surface area contributed by atoms with Crippen molar-refractivity contribution in [1.29, 1.82) is 0 Å². The van der Waals surface area contributed by atoms with Gasteiger partial charge in [-0.15, -0.1) is 11.8 Å². The van der Waals surface area contributed by atoms with Gasteiger partial charge in [-0.2, -0.15) is 0 Å². The zero-order valence-electron chi connectivity index (χ0n) is 8.92. The van der Waals surface area contributed by atoms with Gasteiger partial charge in [0.1, 0.15) is 0 Å². The standard InChI is InChI=1S/C13H17BrS/c14-10-11-6-8-13(9-7-11)15-12-4-2-1-3-5-12/h6-9,12H,1-5,10H2. The van der Waals surface area contributed by atoms with E-state index in [1.807, 2.05) is 0 Å². The molecule has 0 aliphatic heterocycles. The molecular weight excluding hydrogens is 268 g/mol. The van der Waals surface area contributed by atoms with Crippen LogP contribution in [0.5, 0.6) is 0 Å². The van der Waals surface area contributed by atoms with Gasteiger partial charge in [0.2, 0.25) is 0 Å². The molecule has 82 valence electrons. The van der Waals surface area contributed by atoms with E-state index >= 15 is 0 Å². The van der Waals surface area contributed by atoms with Crippen molar-refractivity contribution in [1.82, 2.24) is 0 Å². The number of halogens is 1. The van der Waals surface area contributed by atoms with Crippen molar-refractivity contribution in [2.75, 3.05) is 0 Å². The van der Waals surface area contributed by atoms with Crippen LogP contribution in [0.15, 0.2) is 29.2 Å². The summed E-state index contributed by atoms with van der Waals surface area (Å²) >= 11 is 5.54. The zero-order chi connectivity index (χ0) is 10.5. The van der Waals surface area contributed by atoms with Crippen molar-refractivity contribution >= 4 is 27.7 Å². The maximum atomic E-state index is 3.47. The number of rotatable bonds is 3. The molecule has 0 unspecified atom stereocenters. The van der Waals surface area contributed by atoms with Crippen LogP contribution in [0.2, 0.25) is 0 Å². The predicted molar refractivity (Wildman–Crippen MR) is 71.8 cm³/mol. The van der Waals surface area contributed by atoms with Crippen LogP contribution < -0.4 is 0 Å². The Morgan fingerprint density at radius 3 is 2.33 bits per heavy atom. The molecule has 1 saturated carbocycles. The Morgan fingerprint density at radius 2 is 1.73 bits per heavy atom. The van der Waals surface area contributed by atoms with Gasteiger partial charge in [0, 0.05) is 15.5 Å². The highest BCUT2D eigenvalue weighted by molar-refractivity contribution is 9.08. The second-order valence-electron chi connectivity index (χ2n) is 4.16. The van der Waals surface area contributed by atoms with Crippen molar-refractivity contribution in [2.24, 2.45) is 0 Å². The van der Waals surface area contributed by atoms with Crippen LogP contribution in [0.4, 0.5) is 0 Å². The highest BCUT2D eigenvalue weighted by Crippen LogP contribution is 2.33. The minimum absolute atomic E-state index is 0.869. The van der Waals surface area contributed by atoms with Crippen molar-refractivity contribution < 1.29 is 0 Å². The van der Waals surface area contributed by atoms with E-state index in [0.717, 1.165) is 10.6 Å². The second-order valence-corrected chi connectivity index (χ2v) is 6.09. The van der Waals surface area contributed by atoms with Crippen molar-refractivity contribution in [3.05, 3.63) is 29.8 Å². The lowest BCUT2D eigenvalue weighted by atomic mass is 10.0. The molecule has 2 rings (SSSR count). The Balaban J connectivity index is 1.91. The van der Waals surface area contributed by atoms with E-state index in [1.165, 1.54) is 42.6 Å². The number of benzene rings is 1. The molecule has 0 N–H and O–H groups in total. The van der Waals surface area contributed by atoms with Crippen LogP contribution in [0.1, 0.15) is 37.7 Å². The lowest BCUT2D eigenvalue weighted by molar-refractivity contribution is 0.516. The molecule has 0 saturated heterocycles. The number of alkyl halides is 1. The lowest BCUT2D eigenvalue weighted by Crippen LogP contribution is -2.07. The minimum atomic E-state index is 0.869. The summed E-state index contributed by atoms with van der Waals surface area (Å²) in [6, 6.07) is 8.96. The van der Waals surface area contributed by atoms with Crippen molar-refractivity contribution in [3.63, 3.8) is 0 Å². The van der Waals surface area contributed by atoms with Crippen molar-refractivity contribution in [3.8, 4) is 0 Å². The summed E-state index contributed by atoms with van der Waals surface area (Å²) in [6.07, 6.45) is 7.11. The Kier molecular flexibility index (Phi) is 4.58. The van der Waals surface area contributed by atoms with Gasteiger partial charge >= 0.3 is 0 Å². The van der Waals surface area contributed by atoms with Crippen LogP contribution in [0.3, 0.4) is 0 Å². The molecule has 1 fully saturated rings. The first-order chi connectivity index (χ1) is 7.38. The Labute approximate surface area is 105 Å². The van der Waals surface area contributed by atoms with Gasteiger partial charge in [0.05, 0.1) is 0 Å². The van der Waals surface area contributed by atoms with Gasteiger partial charge in [-0.05, 0) is 30.5 Å². The van der Waals surface area contributed by atoms with Gasteiger partial charge in [0.15, 0.2) is 0 Å². The normalized spacial score (nSPS) is 17.9. The third-order valence-electron chi connectivity index (χ3n) is 2.93. The van der Waals surface area contributed by atoms with E-state index in [1.54, 1.807) is 0 Å². The maximum absolute atomic E-state index is 3.47. The van der Waals surface area contributed by atoms with E-state index in [9.17, 15) is 0 Å². The predicted octanol–water partition coefficient (Wildman–Crippen LogP) is 5.01. The minimum Gasteiger partial charge on any atom is -0.123 e. The summed E-state index contributed by atoms with van der Waals surface area (Å²) in [5.41, 5.74) is 1.36. The first-order valence-corrected chi connectivity index (χ1v) is 7.70. The summed E-state index contributed by atoms with van der Waals surface area (Å²) in [5, 5.41) is 1.83. The molecule has 0 radical (unpaired) electrons. The average Bonchev–Trinajstić information content (AvgIpc) is 2.31. The fraction of sp³-hybridized carbons (Fsp3) is 0.538. The average molecular weight is 285 g/mol.